The molecule has 2 aromatic rings. The number of ether oxygens (including phenoxy) is 2. The summed E-state index contributed by atoms with van der Waals surface area (Å²) < 4.78 is 11.1. The molecule has 0 atom stereocenters. The highest BCUT2D eigenvalue weighted by molar-refractivity contribution is 9.10. The number of carboxylic acid groups (broad SMARTS) is 1. The second-order valence-corrected chi connectivity index (χ2v) is 4.72. The zero-order valence-electron chi connectivity index (χ0n) is 12.7. The molecule has 0 saturated carbocycles. The van der Waals surface area contributed by atoms with Crippen molar-refractivity contribution in [1.82, 2.24) is 4.98 Å². The van der Waals surface area contributed by atoms with Gasteiger partial charge in [-0.25, -0.2) is 9.78 Å². The van der Waals surface area contributed by atoms with Gasteiger partial charge in [0.15, 0.2) is 17.2 Å². The van der Waals surface area contributed by atoms with Gasteiger partial charge in [-0.05, 0) is 21.5 Å². The minimum absolute atomic E-state index is 0.118. The van der Waals surface area contributed by atoms with Crippen LogP contribution >= 0.6 is 15.9 Å². The molecule has 2 rings (SSSR count). The van der Waals surface area contributed by atoms with Gasteiger partial charge in [0.05, 0.1) is 7.11 Å². The van der Waals surface area contributed by atoms with Gasteiger partial charge in [-0.1, -0.05) is 44.2 Å². The lowest BCUT2D eigenvalue weighted by Crippen LogP contribution is -2.08. The first-order valence-corrected chi connectivity index (χ1v) is 7.55. The van der Waals surface area contributed by atoms with Gasteiger partial charge in [0.2, 0.25) is 0 Å². The number of halogens is 1. The Morgan fingerprint density at radius 3 is 2.45 bits per heavy atom. The van der Waals surface area contributed by atoms with E-state index < -0.39 is 5.97 Å². The van der Waals surface area contributed by atoms with Crippen molar-refractivity contribution in [2.75, 3.05) is 7.11 Å². The highest BCUT2D eigenvalue weighted by Gasteiger charge is 2.20. The summed E-state index contributed by atoms with van der Waals surface area (Å²) in [4.78, 5) is 15.1. The third-order valence-corrected chi connectivity index (χ3v) is 2.96. The number of methoxy groups -OCH3 is 1. The van der Waals surface area contributed by atoms with Gasteiger partial charge in [-0.3, -0.25) is 0 Å². The quantitative estimate of drug-likeness (QED) is 0.803. The molecule has 6 heteroatoms. The van der Waals surface area contributed by atoms with Crippen LogP contribution < -0.4 is 9.47 Å². The Labute approximate surface area is 138 Å². The van der Waals surface area contributed by atoms with Crippen LogP contribution in [0, 0.1) is 0 Å². The lowest BCUT2D eigenvalue weighted by Gasteiger charge is -2.13. The second kappa shape index (κ2) is 9.04. The van der Waals surface area contributed by atoms with E-state index in [1.165, 1.54) is 7.11 Å². The molecule has 1 aromatic carbocycles. The molecule has 1 aromatic heterocycles. The Balaban J connectivity index is 0.00000116. The number of carboxylic acids is 1. The predicted octanol–water partition coefficient (Wildman–Crippen LogP) is 4.16. The highest BCUT2D eigenvalue weighted by atomic mass is 79.9. The molecule has 0 radical (unpaired) electrons. The van der Waals surface area contributed by atoms with E-state index in [0.29, 0.717) is 10.4 Å². The van der Waals surface area contributed by atoms with Gasteiger partial charge in [-0.15, -0.1) is 0 Å². The van der Waals surface area contributed by atoms with Crippen LogP contribution in [0.4, 0.5) is 0 Å². The van der Waals surface area contributed by atoms with Gasteiger partial charge in [0.1, 0.15) is 11.2 Å². The molecule has 5 nitrogen and oxygen atoms in total. The van der Waals surface area contributed by atoms with Crippen molar-refractivity contribution < 1.29 is 19.4 Å². The molecule has 118 valence electrons. The maximum absolute atomic E-state index is 11.2. The van der Waals surface area contributed by atoms with Crippen molar-refractivity contribution in [3.63, 3.8) is 0 Å². The molecule has 0 spiro atoms. The number of nitrogens with zero attached hydrogens (tertiary/aromatic N) is 1. The number of carbonyl (C=O) groups is 1. The standard InChI is InChI=1S/C14H12BrNO4.C2H6/c1-19-10-7-11(15)16-12(14(17)18)13(10)20-8-9-5-3-2-4-6-9;1-2/h2-7H,8H2,1H3,(H,17,18);1-2H3. The Bertz CT molecular complexity index is 617. The lowest BCUT2D eigenvalue weighted by atomic mass is 10.2. The van der Waals surface area contributed by atoms with Gasteiger partial charge in [-0.2, -0.15) is 0 Å². The van der Waals surface area contributed by atoms with Crippen molar-refractivity contribution in [2.45, 2.75) is 20.5 Å². The molecule has 0 fully saturated rings. The van der Waals surface area contributed by atoms with Crippen molar-refractivity contribution in [3.05, 3.63) is 52.3 Å². The molecule has 0 aliphatic rings. The Hall–Kier alpha value is -2.08. The summed E-state index contributed by atoms with van der Waals surface area (Å²) in [5, 5.41) is 9.19. The average molecular weight is 368 g/mol. The molecular weight excluding hydrogens is 350 g/mol. The summed E-state index contributed by atoms with van der Waals surface area (Å²) >= 11 is 3.14. The average Bonchev–Trinajstić information content (AvgIpc) is 2.55. The second-order valence-electron chi connectivity index (χ2n) is 3.90. The fraction of sp³-hybridized carbons (Fsp3) is 0.250. The van der Waals surface area contributed by atoms with Gasteiger partial charge < -0.3 is 14.6 Å². The van der Waals surface area contributed by atoms with Crippen LogP contribution in [0.25, 0.3) is 0 Å². The maximum atomic E-state index is 11.2. The largest absolute Gasteiger partial charge is 0.493 e. The fourth-order valence-corrected chi connectivity index (χ4v) is 2.03. The van der Waals surface area contributed by atoms with E-state index in [-0.39, 0.29) is 18.1 Å². The number of benzene rings is 1. The van der Waals surface area contributed by atoms with Gasteiger partial charge in [0.25, 0.3) is 0 Å². The summed E-state index contributed by atoms with van der Waals surface area (Å²) in [5.74, 6) is -0.736. The normalized spacial score (nSPS) is 9.45. The van der Waals surface area contributed by atoms with Crippen LogP contribution in [-0.2, 0) is 6.61 Å². The molecular formula is C16H18BrNO4. The summed E-state index contributed by atoms with van der Waals surface area (Å²) in [6.45, 7) is 4.24. The van der Waals surface area contributed by atoms with Crippen LogP contribution in [0.1, 0.15) is 29.9 Å². The predicted molar refractivity (Wildman–Crippen MR) is 87.6 cm³/mol. The molecule has 0 aliphatic heterocycles. The van der Waals surface area contributed by atoms with Gasteiger partial charge >= 0.3 is 5.97 Å². The maximum Gasteiger partial charge on any atom is 0.358 e. The Kier molecular flexibility index (Phi) is 7.39. The van der Waals surface area contributed by atoms with E-state index in [0.717, 1.165) is 5.56 Å². The summed E-state index contributed by atoms with van der Waals surface area (Å²) in [6, 6.07) is 11.0. The minimum Gasteiger partial charge on any atom is -0.493 e. The van der Waals surface area contributed by atoms with E-state index in [9.17, 15) is 9.90 Å². The summed E-state index contributed by atoms with van der Waals surface area (Å²) in [6.07, 6.45) is 0. The molecule has 0 bridgehead atoms. The SMILES string of the molecule is CC.COc1cc(Br)nc(C(=O)O)c1OCc1ccccc1. The van der Waals surface area contributed by atoms with E-state index in [2.05, 4.69) is 20.9 Å². The number of hydrogen-bond donors (Lipinski definition) is 1. The van der Waals surface area contributed by atoms with Crippen LogP contribution in [-0.4, -0.2) is 23.2 Å². The van der Waals surface area contributed by atoms with Crippen molar-refractivity contribution in [2.24, 2.45) is 0 Å². The molecule has 0 unspecified atom stereocenters. The number of hydrogen-bond acceptors (Lipinski definition) is 4. The van der Waals surface area contributed by atoms with Crippen molar-refractivity contribution >= 4 is 21.9 Å². The van der Waals surface area contributed by atoms with E-state index >= 15 is 0 Å². The molecule has 1 N–H and O–H groups in total. The van der Waals surface area contributed by atoms with Crippen molar-refractivity contribution in [1.29, 1.82) is 0 Å². The highest BCUT2D eigenvalue weighted by Crippen LogP contribution is 2.33. The lowest BCUT2D eigenvalue weighted by molar-refractivity contribution is 0.0683. The third-order valence-electron chi connectivity index (χ3n) is 2.56. The van der Waals surface area contributed by atoms with Crippen LogP contribution in [0.15, 0.2) is 41.0 Å². The number of rotatable bonds is 5. The monoisotopic (exact) mass is 367 g/mol. The topological polar surface area (TPSA) is 68.7 Å². The summed E-state index contributed by atoms with van der Waals surface area (Å²) in [5.41, 5.74) is 0.737. The van der Waals surface area contributed by atoms with Crippen molar-refractivity contribution in [3.8, 4) is 11.5 Å². The first kappa shape index (κ1) is 18.0. The third kappa shape index (κ3) is 4.73. The molecule has 0 amide bonds. The van der Waals surface area contributed by atoms with Crippen LogP contribution in [0.2, 0.25) is 0 Å². The Morgan fingerprint density at radius 2 is 1.91 bits per heavy atom. The number of aromatic carboxylic acids is 1. The van der Waals surface area contributed by atoms with E-state index in [4.69, 9.17) is 9.47 Å². The minimum atomic E-state index is -1.17. The van der Waals surface area contributed by atoms with E-state index in [1.54, 1.807) is 6.07 Å². The fourth-order valence-electron chi connectivity index (χ4n) is 1.65. The van der Waals surface area contributed by atoms with E-state index in [1.807, 2.05) is 44.2 Å². The number of aromatic nitrogens is 1. The Morgan fingerprint density at radius 1 is 1.27 bits per heavy atom. The van der Waals surface area contributed by atoms with Crippen LogP contribution in [0.5, 0.6) is 11.5 Å². The molecule has 0 saturated heterocycles. The first-order chi connectivity index (χ1) is 10.6. The first-order valence-electron chi connectivity index (χ1n) is 6.76. The molecule has 22 heavy (non-hydrogen) atoms. The zero-order chi connectivity index (χ0) is 16.5. The smallest absolute Gasteiger partial charge is 0.358 e. The van der Waals surface area contributed by atoms with Gasteiger partial charge in [0, 0.05) is 6.07 Å². The van der Waals surface area contributed by atoms with Crippen LogP contribution in [0.3, 0.4) is 0 Å². The molecule has 0 aliphatic carbocycles. The summed E-state index contributed by atoms with van der Waals surface area (Å²) in [7, 11) is 1.45. The number of pyridine rings is 1. The molecule has 1 heterocycles. The zero-order valence-corrected chi connectivity index (χ0v) is 14.3.